The molecule has 0 bridgehead atoms. The zero-order chi connectivity index (χ0) is 14.1. The van der Waals surface area contributed by atoms with Gasteiger partial charge in [-0.2, -0.15) is 0 Å². The minimum absolute atomic E-state index is 0.0351. The minimum Gasteiger partial charge on any atom is -0.466 e. The molecule has 0 radical (unpaired) electrons. The monoisotopic (exact) mass is 268 g/mol. The molecule has 2 unspecified atom stereocenters. The first kappa shape index (κ1) is 15.9. The van der Waals surface area contributed by atoms with Gasteiger partial charge in [0.2, 0.25) is 0 Å². The third-order valence-corrected chi connectivity index (χ3v) is 3.43. The molecule has 0 heterocycles. The molecule has 1 aliphatic carbocycles. The Morgan fingerprint density at radius 3 is 2.63 bits per heavy atom. The first-order chi connectivity index (χ1) is 9.13. The molecule has 0 aliphatic heterocycles. The Balaban J connectivity index is 2.10. The zero-order valence-electron chi connectivity index (χ0n) is 11.9. The van der Waals surface area contributed by atoms with E-state index in [0.29, 0.717) is 25.0 Å². The lowest BCUT2D eigenvalue weighted by molar-refractivity contribution is -0.144. The van der Waals surface area contributed by atoms with E-state index in [0.717, 1.165) is 12.8 Å². The second-order valence-corrected chi connectivity index (χ2v) is 5.04. The summed E-state index contributed by atoms with van der Waals surface area (Å²) in [4.78, 5) is 22.6. The lowest BCUT2D eigenvalue weighted by atomic mass is 9.85. The van der Waals surface area contributed by atoms with Gasteiger partial charge in [0, 0.05) is 6.42 Å². The normalized spacial score (nSPS) is 22.2. The van der Waals surface area contributed by atoms with Gasteiger partial charge in [0.1, 0.15) is 6.61 Å². The van der Waals surface area contributed by atoms with Crippen molar-refractivity contribution in [1.82, 2.24) is 0 Å². The van der Waals surface area contributed by atoms with Crippen molar-refractivity contribution in [3.8, 4) is 0 Å². The quantitative estimate of drug-likeness (QED) is 0.501. The van der Waals surface area contributed by atoms with E-state index in [1.165, 1.54) is 0 Å². The number of hydrogen-bond acceptors (Lipinski definition) is 4. The lowest BCUT2D eigenvalue weighted by Crippen LogP contribution is -2.22. The number of allylic oxidation sites excluding steroid dienone is 2. The molecule has 4 nitrogen and oxygen atoms in total. The molecule has 2 atom stereocenters. The molecule has 0 saturated heterocycles. The number of esters is 1. The van der Waals surface area contributed by atoms with Crippen LogP contribution in [0.25, 0.3) is 0 Å². The molecule has 108 valence electrons. The summed E-state index contributed by atoms with van der Waals surface area (Å²) in [5.74, 6) is 0.761. The second-order valence-electron chi connectivity index (χ2n) is 5.04. The maximum atomic E-state index is 11.5. The molecule has 0 N–H and O–H groups in total. The molecule has 0 aromatic rings. The number of carbonyl (C=O) groups is 2. The zero-order valence-corrected chi connectivity index (χ0v) is 11.9. The van der Waals surface area contributed by atoms with E-state index >= 15 is 0 Å². The van der Waals surface area contributed by atoms with Crippen LogP contribution in [0.5, 0.6) is 0 Å². The fraction of sp³-hybridized carbons (Fsp3) is 0.733. The van der Waals surface area contributed by atoms with Gasteiger partial charge in [-0.3, -0.25) is 9.59 Å². The summed E-state index contributed by atoms with van der Waals surface area (Å²) in [7, 11) is 0. The molecule has 0 saturated carbocycles. The van der Waals surface area contributed by atoms with Crippen LogP contribution in [0.2, 0.25) is 0 Å². The lowest BCUT2D eigenvalue weighted by Gasteiger charge is -2.24. The van der Waals surface area contributed by atoms with Crippen LogP contribution in [-0.4, -0.2) is 31.6 Å². The van der Waals surface area contributed by atoms with Crippen LogP contribution in [0.3, 0.4) is 0 Å². The maximum absolute atomic E-state index is 11.5. The molecule has 19 heavy (non-hydrogen) atoms. The van der Waals surface area contributed by atoms with Crippen LogP contribution in [0, 0.1) is 11.8 Å². The van der Waals surface area contributed by atoms with Crippen molar-refractivity contribution in [2.75, 3.05) is 19.8 Å². The van der Waals surface area contributed by atoms with E-state index < -0.39 is 0 Å². The fourth-order valence-corrected chi connectivity index (χ4v) is 2.11. The maximum Gasteiger partial charge on any atom is 0.306 e. The van der Waals surface area contributed by atoms with E-state index in [1.807, 2.05) is 0 Å². The van der Waals surface area contributed by atoms with Gasteiger partial charge < -0.3 is 9.47 Å². The van der Waals surface area contributed by atoms with Gasteiger partial charge >= 0.3 is 5.97 Å². The molecule has 0 aromatic carbocycles. The SMILES string of the molecule is CCOC(=O)CCC(=O)COCC1CC=CCC1C. The summed E-state index contributed by atoms with van der Waals surface area (Å²) >= 11 is 0. The van der Waals surface area contributed by atoms with E-state index in [2.05, 4.69) is 19.1 Å². The van der Waals surface area contributed by atoms with Gasteiger partial charge in [-0.05, 0) is 31.6 Å². The van der Waals surface area contributed by atoms with Crippen molar-refractivity contribution < 1.29 is 19.1 Å². The number of ketones is 1. The Morgan fingerprint density at radius 1 is 1.21 bits per heavy atom. The predicted octanol–water partition coefficient (Wildman–Crippen LogP) is 2.52. The van der Waals surface area contributed by atoms with Crippen molar-refractivity contribution >= 4 is 11.8 Å². The standard InChI is InChI=1S/C15H24O4/c1-3-19-15(17)9-8-14(16)11-18-10-13-7-5-4-6-12(13)2/h4-5,12-13H,3,6-11H2,1-2H3. The third-order valence-electron chi connectivity index (χ3n) is 3.43. The summed E-state index contributed by atoms with van der Waals surface area (Å²) in [5, 5.41) is 0. The van der Waals surface area contributed by atoms with Crippen LogP contribution >= 0.6 is 0 Å². The molecule has 4 heteroatoms. The van der Waals surface area contributed by atoms with Crippen molar-refractivity contribution in [3.63, 3.8) is 0 Å². The smallest absolute Gasteiger partial charge is 0.306 e. The molecule has 0 spiro atoms. The second kappa shape index (κ2) is 8.86. The number of Topliss-reactive ketones (excluding diaryl/α,β-unsaturated/α-hetero) is 1. The van der Waals surface area contributed by atoms with Crippen LogP contribution < -0.4 is 0 Å². The molecule has 0 aromatic heterocycles. The number of ether oxygens (including phenoxy) is 2. The van der Waals surface area contributed by atoms with Crippen molar-refractivity contribution in [2.24, 2.45) is 11.8 Å². The van der Waals surface area contributed by atoms with Gasteiger partial charge in [-0.1, -0.05) is 19.1 Å². The highest BCUT2D eigenvalue weighted by Gasteiger charge is 2.18. The summed E-state index contributed by atoms with van der Waals surface area (Å²) in [5.41, 5.74) is 0. The van der Waals surface area contributed by atoms with Crippen LogP contribution in [0.4, 0.5) is 0 Å². The summed E-state index contributed by atoms with van der Waals surface area (Å²) in [6.45, 7) is 5.04. The Labute approximate surface area is 115 Å². The average molecular weight is 268 g/mol. The molecule has 1 aliphatic rings. The number of rotatable bonds is 8. The predicted molar refractivity (Wildman–Crippen MR) is 72.7 cm³/mol. The Hall–Kier alpha value is -1.16. The van der Waals surface area contributed by atoms with Crippen molar-refractivity contribution in [3.05, 3.63) is 12.2 Å². The van der Waals surface area contributed by atoms with E-state index in [9.17, 15) is 9.59 Å². The molecular weight excluding hydrogens is 244 g/mol. The Bertz CT molecular complexity index is 322. The molecule has 0 amide bonds. The Kier molecular flexibility index (Phi) is 7.41. The van der Waals surface area contributed by atoms with Gasteiger partial charge in [0.25, 0.3) is 0 Å². The van der Waals surface area contributed by atoms with Crippen LogP contribution in [0.15, 0.2) is 12.2 Å². The van der Waals surface area contributed by atoms with Crippen LogP contribution in [-0.2, 0) is 19.1 Å². The van der Waals surface area contributed by atoms with E-state index in [4.69, 9.17) is 9.47 Å². The van der Waals surface area contributed by atoms with Gasteiger partial charge in [0.05, 0.1) is 19.6 Å². The highest BCUT2D eigenvalue weighted by molar-refractivity contribution is 5.83. The minimum atomic E-state index is -0.318. The largest absolute Gasteiger partial charge is 0.466 e. The highest BCUT2D eigenvalue weighted by Crippen LogP contribution is 2.24. The fourth-order valence-electron chi connectivity index (χ4n) is 2.11. The molecular formula is C15H24O4. The first-order valence-corrected chi connectivity index (χ1v) is 7.03. The van der Waals surface area contributed by atoms with Crippen molar-refractivity contribution in [2.45, 2.75) is 39.5 Å². The first-order valence-electron chi connectivity index (χ1n) is 7.03. The number of carbonyl (C=O) groups excluding carboxylic acids is 2. The molecule has 1 rings (SSSR count). The number of hydrogen-bond donors (Lipinski definition) is 0. The average Bonchev–Trinajstić information content (AvgIpc) is 2.39. The van der Waals surface area contributed by atoms with Crippen molar-refractivity contribution in [1.29, 1.82) is 0 Å². The van der Waals surface area contributed by atoms with Gasteiger partial charge in [0.15, 0.2) is 5.78 Å². The van der Waals surface area contributed by atoms with E-state index in [-0.39, 0.29) is 31.2 Å². The Morgan fingerprint density at radius 2 is 1.95 bits per heavy atom. The summed E-state index contributed by atoms with van der Waals surface area (Å²) < 4.78 is 10.2. The topological polar surface area (TPSA) is 52.6 Å². The van der Waals surface area contributed by atoms with Crippen LogP contribution in [0.1, 0.15) is 39.5 Å². The van der Waals surface area contributed by atoms with E-state index in [1.54, 1.807) is 6.92 Å². The highest BCUT2D eigenvalue weighted by atomic mass is 16.5. The summed E-state index contributed by atoms with van der Waals surface area (Å²) in [6.07, 6.45) is 6.85. The molecule has 0 fully saturated rings. The summed E-state index contributed by atoms with van der Waals surface area (Å²) in [6, 6.07) is 0. The van der Waals surface area contributed by atoms with Gasteiger partial charge in [-0.15, -0.1) is 0 Å². The van der Waals surface area contributed by atoms with Gasteiger partial charge in [-0.25, -0.2) is 0 Å². The third kappa shape index (κ3) is 6.53.